The van der Waals surface area contributed by atoms with Crippen LogP contribution in [0, 0.1) is 11.3 Å². The fourth-order valence-corrected chi connectivity index (χ4v) is 1.95. The van der Waals surface area contributed by atoms with E-state index in [1.54, 1.807) is 18.2 Å². The van der Waals surface area contributed by atoms with Crippen molar-refractivity contribution in [2.45, 2.75) is 19.8 Å². The van der Waals surface area contributed by atoms with E-state index in [1.807, 2.05) is 24.3 Å². The molecule has 0 aliphatic heterocycles. The van der Waals surface area contributed by atoms with Crippen LogP contribution in [0.4, 0.5) is 0 Å². The van der Waals surface area contributed by atoms with Gasteiger partial charge in [-0.2, -0.15) is 5.26 Å². The highest BCUT2D eigenvalue weighted by Crippen LogP contribution is 2.30. The average molecular weight is 272 g/mol. The number of nitriles is 1. The van der Waals surface area contributed by atoms with Gasteiger partial charge in [-0.3, -0.25) is 0 Å². The smallest absolute Gasteiger partial charge is 0.146 e. The molecule has 0 aromatic heterocycles. The van der Waals surface area contributed by atoms with Gasteiger partial charge in [-0.25, -0.2) is 0 Å². The molecule has 96 valence electrons. The van der Waals surface area contributed by atoms with E-state index in [0.29, 0.717) is 28.0 Å². The molecule has 0 aliphatic rings. The Morgan fingerprint density at radius 2 is 1.79 bits per heavy atom. The number of rotatable bonds is 3. The zero-order chi connectivity index (χ0) is 13.8. The maximum atomic E-state index is 9.08. The van der Waals surface area contributed by atoms with Crippen LogP contribution in [0.5, 0.6) is 11.5 Å². The van der Waals surface area contributed by atoms with Crippen molar-refractivity contribution in [2.75, 3.05) is 0 Å². The Hall–Kier alpha value is -1.98. The molecule has 2 rings (SSSR count). The first-order chi connectivity index (χ1) is 9.11. The summed E-state index contributed by atoms with van der Waals surface area (Å²) >= 11 is 5.96. The van der Waals surface area contributed by atoms with Gasteiger partial charge in [-0.1, -0.05) is 43.6 Å². The van der Waals surface area contributed by atoms with Crippen LogP contribution >= 0.6 is 11.6 Å². The molecule has 0 saturated heterocycles. The molecule has 0 fully saturated rings. The summed E-state index contributed by atoms with van der Waals surface area (Å²) in [7, 11) is 0. The van der Waals surface area contributed by atoms with E-state index in [2.05, 4.69) is 19.9 Å². The highest BCUT2D eigenvalue weighted by Gasteiger charge is 2.08. The van der Waals surface area contributed by atoms with Crippen LogP contribution in [0.3, 0.4) is 0 Å². The molecule has 2 aromatic rings. The predicted octanol–water partition coefficient (Wildman–Crippen LogP) is 5.13. The van der Waals surface area contributed by atoms with Gasteiger partial charge in [0.1, 0.15) is 23.1 Å². The van der Waals surface area contributed by atoms with Gasteiger partial charge in [-0.15, -0.1) is 0 Å². The normalized spacial score (nSPS) is 10.3. The van der Waals surface area contributed by atoms with Crippen LogP contribution in [0.25, 0.3) is 0 Å². The largest absolute Gasteiger partial charge is 0.456 e. The van der Waals surface area contributed by atoms with Crippen LogP contribution in [-0.4, -0.2) is 0 Å². The number of hydrogen-bond acceptors (Lipinski definition) is 2. The summed E-state index contributed by atoms with van der Waals surface area (Å²) in [5.74, 6) is 1.66. The lowest BCUT2D eigenvalue weighted by atomic mass is 10.0. The summed E-state index contributed by atoms with van der Waals surface area (Å²) in [6, 6.07) is 15.1. The molecule has 19 heavy (non-hydrogen) atoms. The molecule has 0 spiro atoms. The fraction of sp³-hybridized carbons (Fsp3) is 0.188. The van der Waals surface area contributed by atoms with Crippen molar-refractivity contribution in [1.82, 2.24) is 0 Å². The number of nitrogens with zero attached hydrogens (tertiary/aromatic N) is 1. The van der Waals surface area contributed by atoms with Crippen molar-refractivity contribution < 1.29 is 4.74 Å². The molecule has 2 aromatic carbocycles. The second-order valence-electron chi connectivity index (χ2n) is 4.55. The summed E-state index contributed by atoms with van der Waals surface area (Å²) in [4.78, 5) is 0. The van der Waals surface area contributed by atoms with Crippen LogP contribution in [0.15, 0.2) is 42.5 Å². The van der Waals surface area contributed by atoms with Crippen LogP contribution in [0.2, 0.25) is 5.02 Å². The van der Waals surface area contributed by atoms with Crippen molar-refractivity contribution in [3.05, 3.63) is 58.6 Å². The molecule has 0 heterocycles. The molecule has 0 saturated carbocycles. The summed E-state index contributed by atoms with van der Waals surface area (Å²) < 4.78 is 5.71. The van der Waals surface area contributed by atoms with Gasteiger partial charge in [0.25, 0.3) is 0 Å². The molecule has 0 unspecified atom stereocenters. The van der Waals surface area contributed by atoms with Crippen LogP contribution in [-0.2, 0) is 0 Å². The molecule has 0 amide bonds. The van der Waals surface area contributed by atoms with Crippen molar-refractivity contribution >= 4 is 11.6 Å². The quantitative estimate of drug-likeness (QED) is 0.775. The lowest BCUT2D eigenvalue weighted by Crippen LogP contribution is -1.90. The van der Waals surface area contributed by atoms with E-state index in [4.69, 9.17) is 21.6 Å². The van der Waals surface area contributed by atoms with Gasteiger partial charge in [-0.05, 0) is 35.7 Å². The molecule has 0 aliphatic carbocycles. The third-order valence-electron chi connectivity index (χ3n) is 2.86. The molecule has 0 bridgehead atoms. The van der Waals surface area contributed by atoms with Gasteiger partial charge in [0.15, 0.2) is 0 Å². The Bertz CT molecular complexity index is 612. The van der Waals surface area contributed by atoms with E-state index >= 15 is 0 Å². The lowest BCUT2D eigenvalue weighted by molar-refractivity contribution is 0.481. The summed E-state index contributed by atoms with van der Waals surface area (Å²) in [6.45, 7) is 4.28. The second kappa shape index (κ2) is 5.77. The van der Waals surface area contributed by atoms with Gasteiger partial charge in [0.2, 0.25) is 0 Å². The van der Waals surface area contributed by atoms with Gasteiger partial charge in [0.05, 0.1) is 5.02 Å². The molecule has 0 radical (unpaired) electrons. The Labute approximate surface area is 118 Å². The first-order valence-electron chi connectivity index (χ1n) is 6.08. The average Bonchev–Trinajstić information content (AvgIpc) is 2.39. The molecule has 0 N–H and O–H groups in total. The van der Waals surface area contributed by atoms with Crippen molar-refractivity contribution in [1.29, 1.82) is 5.26 Å². The zero-order valence-corrected chi connectivity index (χ0v) is 11.6. The van der Waals surface area contributed by atoms with E-state index in [9.17, 15) is 0 Å². The third kappa shape index (κ3) is 3.07. The highest BCUT2D eigenvalue weighted by atomic mass is 35.5. The van der Waals surface area contributed by atoms with Crippen molar-refractivity contribution in [3.8, 4) is 17.6 Å². The minimum Gasteiger partial charge on any atom is -0.456 e. The van der Waals surface area contributed by atoms with E-state index in [-0.39, 0.29) is 0 Å². The fourth-order valence-electron chi connectivity index (χ4n) is 1.75. The summed E-state index contributed by atoms with van der Waals surface area (Å²) in [5, 5.41) is 9.48. The zero-order valence-electron chi connectivity index (χ0n) is 10.9. The standard InChI is InChI=1S/C16H14ClNO/c1-11(2)12-6-8-13(9-7-12)19-16-5-3-4-15(17)14(16)10-18/h3-9,11H,1-2H3. The van der Waals surface area contributed by atoms with Crippen LogP contribution in [0.1, 0.15) is 30.9 Å². The molecular formula is C16H14ClNO. The van der Waals surface area contributed by atoms with Gasteiger partial charge >= 0.3 is 0 Å². The maximum absolute atomic E-state index is 9.08. The van der Waals surface area contributed by atoms with Crippen molar-refractivity contribution in [3.63, 3.8) is 0 Å². The highest BCUT2D eigenvalue weighted by molar-refractivity contribution is 6.31. The van der Waals surface area contributed by atoms with Gasteiger partial charge in [0, 0.05) is 0 Å². The molecule has 0 atom stereocenters. The van der Waals surface area contributed by atoms with E-state index in [0.717, 1.165) is 0 Å². The molecular weight excluding hydrogens is 258 g/mol. The maximum Gasteiger partial charge on any atom is 0.146 e. The second-order valence-corrected chi connectivity index (χ2v) is 4.96. The first kappa shape index (κ1) is 13.5. The molecule has 3 heteroatoms. The number of hydrogen-bond donors (Lipinski definition) is 0. The summed E-state index contributed by atoms with van der Waals surface area (Å²) in [5.41, 5.74) is 1.61. The first-order valence-corrected chi connectivity index (χ1v) is 6.46. The SMILES string of the molecule is CC(C)c1ccc(Oc2cccc(Cl)c2C#N)cc1. The summed E-state index contributed by atoms with van der Waals surface area (Å²) in [6.07, 6.45) is 0. The topological polar surface area (TPSA) is 33.0 Å². The van der Waals surface area contributed by atoms with Crippen molar-refractivity contribution in [2.24, 2.45) is 0 Å². The minimum absolute atomic E-state index is 0.358. The van der Waals surface area contributed by atoms with E-state index in [1.165, 1.54) is 5.56 Å². The Morgan fingerprint density at radius 1 is 1.11 bits per heavy atom. The molecule has 2 nitrogen and oxygen atoms in total. The number of ether oxygens (including phenoxy) is 1. The van der Waals surface area contributed by atoms with E-state index < -0.39 is 0 Å². The third-order valence-corrected chi connectivity index (χ3v) is 3.18. The minimum atomic E-state index is 0.358. The number of benzene rings is 2. The Balaban J connectivity index is 2.27. The lowest BCUT2D eigenvalue weighted by Gasteiger charge is -2.10. The Kier molecular flexibility index (Phi) is 4.09. The Morgan fingerprint density at radius 3 is 2.37 bits per heavy atom. The number of halogens is 1. The predicted molar refractivity (Wildman–Crippen MR) is 76.8 cm³/mol. The van der Waals surface area contributed by atoms with Crippen LogP contribution < -0.4 is 4.74 Å². The monoisotopic (exact) mass is 271 g/mol. The van der Waals surface area contributed by atoms with Gasteiger partial charge < -0.3 is 4.74 Å².